The maximum Gasteiger partial charge on any atom is 0.119 e. The van der Waals surface area contributed by atoms with Gasteiger partial charge in [0.25, 0.3) is 0 Å². The second-order valence-corrected chi connectivity index (χ2v) is 5.35. The predicted molar refractivity (Wildman–Crippen MR) is 79.8 cm³/mol. The van der Waals surface area contributed by atoms with E-state index in [4.69, 9.17) is 4.74 Å². The molecule has 0 aliphatic heterocycles. The van der Waals surface area contributed by atoms with Gasteiger partial charge >= 0.3 is 0 Å². The summed E-state index contributed by atoms with van der Waals surface area (Å²) < 4.78 is 5.70. The summed E-state index contributed by atoms with van der Waals surface area (Å²) in [6.07, 6.45) is 5.03. The molecule has 1 fully saturated rings. The summed E-state index contributed by atoms with van der Waals surface area (Å²) in [5.41, 5.74) is 1.25. The second-order valence-electron chi connectivity index (χ2n) is 5.35. The van der Waals surface area contributed by atoms with Gasteiger partial charge in [0.05, 0.1) is 6.61 Å². The molecule has 2 rings (SSSR count). The highest BCUT2D eigenvalue weighted by Gasteiger charge is 2.19. The molecule has 1 aliphatic rings. The summed E-state index contributed by atoms with van der Waals surface area (Å²) in [7, 11) is 0. The van der Waals surface area contributed by atoms with Crippen molar-refractivity contribution in [3.8, 4) is 5.75 Å². The Labute approximate surface area is 116 Å². The Morgan fingerprint density at radius 2 is 2.00 bits per heavy atom. The van der Waals surface area contributed by atoms with E-state index in [0.717, 1.165) is 44.5 Å². The Morgan fingerprint density at radius 3 is 2.79 bits per heavy atom. The Morgan fingerprint density at radius 1 is 1.16 bits per heavy atom. The van der Waals surface area contributed by atoms with Crippen LogP contribution in [0, 0.1) is 6.92 Å². The first-order chi connectivity index (χ1) is 9.34. The van der Waals surface area contributed by atoms with Crippen molar-refractivity contribution in [3.63, 3.8) is 0 Å². The molecular weight excluding hydrogens is 236 g/mol. The van der Waals surface area contributed by atoms with Gasteiger partial charge in [0.1, 0.15) is 5.75 Å². The molecule has 0 radical (unpaired) electrons. The molecule has 0 atom stereocenters. The molecule has 0 saturated heterocycles. The first-order valence-corrected chi connectivity index (χ1v) is 7.48. The molecule has 0 bridgehead atoms. The van der Waals surface area contributed by atoms with E-state index >= 15 is 0 Å². The third-order valence-electron chi connectivity index (χ3n) is 3.30. The van der Waals surface area contributed by atoms with E-state index in [2.05, 4.69) is 29.7 Å². The highest BCUT2D eigenvalue weighted by molar-refractivity contribution is 5.27. The van der Waals surface area contributed by atoms with E-state index < -0.39 is 0 Å². The summed E-state index contributed by atoms with van der Waals surface area (Å²) in [6.45, 7) is 6.16. The first-order valence-electron chi connectivity index (χ1n) is 7.48. The number of ether oxygens (including phenoxy) is 1. The standard InChI is InChI=1S/C16H26N2O/c1-14-5-2-6-16(13-14)19-12-4-10-17-9-3-11-18-15-7-8-15/h2,5-6,13,15,17-18H,3-4,7-12H2,1H3. The van der Waals surface area contributed by atoms with Crippen LogP contribution in [0.4, 0.5) is 0 Å². The normalized spacial score (nSPS) is 14.6. The van der Waals surface area contributed by atoms with Crippen LogP contribution in [0.5, 0.6) is 5.75 Å². The molecular formula is C16H26N2O. The van der Waals surface area contributed by atoms with Gasteiger partial charge in [-0.05, 0) is 69.9 Å². The van der Waals surface area contributed by atoms with Crippen molar-refractivity contribution < 1.29 is 4.74 Å². The molecule has 1 aromatic carbocycles. The molecule has 1 aliphatic carbocycles. The number of aryl methyl sites for hydroxylation is 1. The van der Waals surface area contributed by atoms with E-state index in [0.29, 0.717) is 0 Å². The zero-order valence-corrected chi connectivity index (χ0v) is 12.0. The summed E-state index contributed by atoms with van der Waals surface area (Å²) in [5, 5.41) is 6.98. The Balaban J connectivity index is 1.39. The minimum Gasteiger partial charge on any atom is -0.494 e. The highest BCUT2D eigenvalue weighted by Crippen LogP contribution is 2.18. The van der Waals surface area contributed by atoms with Gasteiger partial charge in [-0.3, -0.25) is 0 Å². The lowest BCUT2D eigenvalue weighted by Gasteiger charge is -2.08. The van der Waals surface area contributed by atoms with Crippen LogP contribution in [0.2, 0.25) is 0 Å². The lowest BCUT2D eigenvalue weighted by Crippen LogP contribution is -2.24. The maximum atomic E-state index is 5.70. The topological polar surface area (TPSA) is 33.3 Å². The fourth-order valence-corrected chi connectivity index (χ4v) is 2.02. The van der Waals surface area contributed by atoms with Crippen LogP contribution >= 0.6 is 0 Å². The Kier molecular flexibility index (Phi) is 6.18. The quantitative estimate of drug-likeness (QED) is 0.636. The molecule has 19 heavy (non-hydrogen) atoms. The third-order valence-corrected chi connectivity index (χ3v) is 3.30. The van der Waals surface area contributed by atoms with E-state index in [9.17, 15) is 0 Å². The molecule has 3 heteroatoms. The summed E-state index contributed by atoms with van der Waals surface area (Å²) in [5.74, 6) is 0.980. The van der Waals surface area contributed by atoms with Crippen LogP contribution in [-0.4, -0.2) is 32.3 Å². The molecule has 1 saturated carbocycles. The van der Waals surface area contributed by atoms with Gasteiger partial charge in [-0.15, -0.1) is 0 Å². The zero-order chi connectivity index (χ0) is 13.3. The molecule has 0 heterocycles. The van der Waals surface area contributed by atoms with Crippen molar-refractivity contribution in [1.29, 1.82) is 0 Å². The lowest BCUT2D eigenvalue weighted by molar-refractivity contribution is 0.308. The Hall–Kier alpha value is -1.06. The molecule has 0 spiro atoms. The SMILES string of the molecule is Cc1cccc(OCCCNCCCNC2CC2)c1. The van der Waals surface area contributed by atoms with E-state index in [1.807, 2.05) is 12.1 Å². The number of hydrogen-bond donors (Lipinski definition) is 2. The molecule has 106 valence electrons. The van der Waals surface area contributed by atoms with Gasteiger partial charge in [0, 0.05) is 6.04 Å². The van der Waals surface area contributed by atoms with Crippen LogP contribution in [0.3, 0.4) is 0 Å². The van der Waals surface area contributed by atoms with Crippen LogP contribution in [0.1, 0.15) is 31.2 Å². The fourth-order valence-electron chi connectivity index (χ4n) is 2.02. The van der Waals surface area contributed by atoms with E-state index in [1.54, 1.807) is 0 Å². The van der Waals surface area contributed by atoms with Crippen LogP contribution < -0.4 is 15.4 Å². The molecule has 1 aromatic rings. The van der Waals surface area contributed by atoms with Crippen LogP contribution in [0.25, 0.3) is 0 Å². The lowest BCUT2D eigenvalue weighted by atomic mass is 10.2. The van der Waals surface area contributed by atoms with Crippen molar-refractivity contribution in [2.24, 2.45) is 0 Å². The largest absolute Gasteiger partial charge is 0.494 e. The summed E-state index contributed by atoms with van der Waals surface area (Å²) >= 11 is 0. The smallest absolute Gasteiger partial charge is 0.119 e. The van der Waals surface area contributed by atoms with E-state index in [-0.39, 0.29) is 0 Å². The minimum absolute atomic E-state index is 0.788. The van der Waals surface area contributed by atoms with Crippen molar-refractivity contribution in [2.75, 3.05) is 26.2 Å². The van der Waals surface area contributed by atoms with E-state index in [1.165, 1.54) is 24.8 Å². The summed E-state index contributed by atoms with van der Waals surface area (Å²) in [6, 6.07) is 9.06. The van der Waals surface area contributed by atoms with Crippen LogP contribution in [-0.2, 0) is 0 Å². The summed E-state index contributed by atoms with van der Waals surface area (Å²) in [4.78, 5) is 0. The maximum absolute atomic E-state index is 5.70. The minimum atomic E-state index is 0.788. The van der Waals surface area contributed by atoms with Gasteiger partial charge in [-0.25, -0.2) is 0 Å². The first kappa shape index (κ1) is 14.4. The van der Waals surface area contributed by atoms with Crippen molar-refractivity contribution in [1.82, 2.24) is 10.6 Å². The third kappa shape index (κ3) is 6.60. The average Bonchev–Trinajstić information content (AvgIpc) is 3.21. The number of nitrogens with one attached hydrogen (secondary N) is 2. The fraction of sp³-hybridized carbons (Fsp3) is 0.625. The monoisotopic (exact) mass is 262 g/mol. The van der Waals surface area contributed by atoms with Crippen molar-refractivity contribution in [3.05, 3.63) is 29.8 Å². The van der Waals surface area contributed by atoms with Gasteiger partial charge in [0.15, 0.2) is 0 Å². The van der Waals surface area contributed by atoms with Crippen LogP contribution in [0.15, 0.2) is 24.3 Å². The van der Waals surface area contributed by atoms with Gasteiger partial charge in [-0.1, -0.05) is 12.1 Å². The van der Waals surface area contributed by atoms with Gasteiger partial charge in [0.2, 0.25) is 0 Å². The van der Waals surface area contributed by atoms with Crippen molar-refractivity contribution in [2.45, 2.75) is 38.6 Å². The molecule has 3 nitrogen and oxygen atoms in total. The van der Waals surface area contributed by atoms with Gasteiger partial charge < -0.3 is 15.4 Å². The molecule has 2 N–H and O–H groups in total. The number of hydrogen-bond acceptors (Lipinski definition) is 3. The Bertz CT molecular complexity index is 364. The van der Waals surface area contributed by atoms with Gasteiger partial charge in [-0.2, -0.15) is 0 Å². The highest BCUT2D eigenvalue weighted by atomic mass is 16.5. The molecule has 0 aromatic heterocycles. The second kappa shape index (κ2) is 8.18. The van der Waals surface area contributed by atoms with Crippen molar-refractivity contribution >= 4 is 0 Å². The number of benzene rings is 1. The zero-order valence-electron chi connectivity index (χ0n) is 12.0. The molecule has 0 unspecified atom stereocenters. The average molecular weight is 262 g/mol. The predicted octanol–water partition coefficient (Wildman–Crippen LogP) is 2.50. The number of rotatable bonds is 10. The molecule has 0 amide bonds.